The summed E-state index contributed by atoms with van der Waals surface area (Å²) in [6, 6.07) is 5.54. The molecule has 1 aliphatic rings. The normalized spacial score (nSPS) is 22.6. The van der Waals surface area contributed by atoms with Crippen LogP contribution >= 0.6 is 11.8 Å². The van der Waals surface area contributed by atoms with Gasteiger partial charge in [0.1, 0.15) is 0 Å². The van der Waals surface area contributed by atoms with Gasteiger partial charge in [0.2, 0.25) is 10.0 Å². The lowest BCUT2D eigenvalue weighted by Gasteiger charge is -2.16. The first-order chi connectivity index (χ1) is 9.97. The molecule has 1 aromatic carbocycles. The van der Waals surface area contributed by atoms with Crippen molar-refractivity contribution in [3.05, 3.63) is 29.3 Å². The molecule has 2 rings (SSSR count). The summed E-state index contributed by atoms with van der Waals surface area (Å²) in [4.78, 5) is 0.405. The van der Waals surface area contributed by atoms with Gasteiger partial charge in [0.15, 0.2) is 0 Å². The number of hydrogen-bond acceptors (Lipinski definition) is 4. The molecular formula is C15H24N2O2S2. The summed E-state index contributed by atoms with van der Waals surface area (Å²) in [5.41, 5.74) is 1.85. The molecule has 21 heavy (non-hydrogen) atoms. The van der Waals surface area contributed by atoms with Gasteiger partial charge in [-0.05, 0) is 56.7 Å². The fraction of sp³-hybridized carbons (Fsp3) is 0.600. The zero-order valence-corrected chi connectivity index (χ0v) is 14.5. The summed E-state index contributed by atoms with van der Waals surface area (Å²) in [6.07, 6.45) is 5.04. The molecule has 6 heteroatoms. The van der Waals surface area contributed by atoms with E-state index in [-0.39, 0.29) is 6.04 Å². The molecule has 1 aliphatic carbocycles. The Kier molecular flexibility index (Phi) is 5.71. The molecule has 0 bridgehead atoms. The summed E-state index contributed by atoms with van der Waals surface area (Å²) in [6.45, 7) is 2.55. The van der Waals surface area contributed by atoms with Gasteiger partial charge in [-0.2, -0.15) is 11.8 Å². The molecule has 1 saturated carbocycles. The molecule has 2 unspecified atom stereocenters. The van der Waals surface area contributed by atoms with E-state index in [0.29, 0.717) is 16.7 Å². The Bertz CT molecular complexity index is 587. The van der Waals surface area contributed by atoms with Gasteiger partial charge in [0, 0.05) is 17.8 Å². The largest absolute Gasteiger partial charge is 0.316 e. The highest BCUT2D eigenvalue weighted by Crippen LogP contribution is 2.29. The van der Waals surface area contributed by atoms with Crippen LogP contribution in [0, 0.1) is 6.92 Å². The second kappa shape index (κ2) is 7.13. The van der Waals surface area contributed by atoms with E-state index in [4.69, 9.17) is 0 Å². The minimum atomic E-state index is -3.43. The Labute approximate surface area is 132 Å². The molecule has 0 aromatic heterocycles. The molecule has 0 heterocycles. The molecule has 4 nitrogen and oxygen atoms in total. The van der Waals surface area contributed by atoms with Crippen LogP contribution < -0.4 is 10.0 Å². The molecule has 2 N–H and O–H groups in total. The molecule has 1 aromatic rings. The first-order valence-corrected chi connectivity index (χ1v) is 10.0. The second-order valence-electron chi connectivity index (χ2n) is 5.56. The summed E-state index contributed by atoms with van der Waals surface area (Å²) < 4.78 is 28.1. The van der Waals surface area contributed by atoms with E-state index < -0.39 is 10.0 Å². The first kappa shape index (κ1) is 16.8. The SMILES string of the molecule is CNCc1cccc(S(=O)(=O)NC2CCC(SC)C2)c1C. The van der Waals surface area contributed by atoms with Crippen molar-refractivity contribution in [2.75, 3.05) is 13.3 Å². The molecule has 118 valence electrons. The molecule has 0 aliphatic heterocycles. The lowest BCUT2D eigenvalue weighted by molar-refractivity contribution is 0.552. The van der Waals surface area contributed by atoms with Crippen molar-refractivity contribution in [1.29, 1.82) is 0 Å². The fourth-order valence-electron chi connectivity index (χ4n) is 2.88. The molecule has 1 fully saturated rings. The molecule has 0 saturated heterocycles. The van der Waals surface area contributed by atoms with E-state index in [1.807, 2.05) is 37.9 Å². The van der Waals surface area contributed by atoms with Crippen LogP contribution in [0.5, 0.6) is 0 Å². The zero-order chi connectivity index (χ0) is 15.5. The third-order valence-corrected chi connectivity index (χ3v) is 6.85. The Morgan fingerprint density at radius 2 is 2.10 bits per heavy atom. The summed E-state index contributed by atoms with van der Waals surface area (Å²) in [5.74, 6) is 0. The van der Waals surface area contributed by atoms with Gasteiger partial charge in [-0.25, -0.2) is 13.1 Å². The van der Waals surface area contributed by atoms with E-state index in [9.17, 15) is 8.42 Å². The predicted octanol–water partition coefficient (Wildman–Crippen LogP) is 2.28. The smallest absolute Gasteiger partial charge is 0.241 e. The average Bonchev–Trinajstić information content (AvgIpc) is 2.88. The molecular weight excluding hydrogens is 304 g/mol. The summed E-state index contributed by atoms with van der Waals surface area (Å²) in [7, 11) is -1.57. The van der Waals surface area contributed by atoms with Crippen LogP contribution in [0.2, 0.25) is 0 Å². The zero-order valence-electron chi connectivity index (χ0n) is 12.8. The molecule has 0 amide bonds. The Morgan fingerprint density at radius 3 is 2.71 bits per heavy atom. The van der Waals surface area contributed by atoms with Crippen molar-refractivity contribution in [3.63, 3.8) is 0 Å². The maximum Gasteiger partial charge on any atom is 0.241 e. The molecule has 0 spiro atoms. The second-order valence-corrected chi connectivity index (χ2v) is 8.38. The van der Waals surface area contributed by atoms with Gasteiger partial charge in [0.05, 0.1) is 4.90 Å². The minimum absolute atomic E-state index is 0.0693. The Hall–Kier alpha value is -0.560. The number of rotatable bonds is 6. The standard InChI is InChI=1S/C15H24N2O2S2/c1-11-12(10-16-2)5-4-6-15(11)21(18,19)17-13-7-8-14(9-13)20-3/h4-6,13-14,16-17H,7-10H2,1-3H3. The third kappa shape index (κ3) is 4.00. The third-order valence-electron chi connectivity index (χ3n) is 4.09. The first-order valence-electron chi connectivity index (χ1n) is 7.26. The summed E-state index contributed by atoms with van der Waals surface area (Å²) >= 11 is 1.83. The van der Waals surface area contributed by atoms with Gasteiger partial charge < -0.3 is 5.32 Å². The number of hydrogen-bond donors (Lipinski definition) is 2. The van der Waals surface area contributed by atoms with Crippen LogP contribution in [0.3, 0.4) is 0 Å². The number of thioether (sulfide) groups is 1. The van der Waals surface area contributed by atoms with Crippen LogP contribution in [-0.4, -0.2) is 33.0 Å². The van der Waals surface area contributed by atoms with Crippen LogP contribution in [0.1, 0.15) is 30.4 Å². The highest BCUT2D eigenvalue weighted by molar-refractivity contribution is 7.99. The molecule has 2 atom stereocenters. The van der Waals surface area contributed by atoms with E-state index in [1.54, 1.807) is 6.07 Å². The number of nitrogens with one attached hydrogen (secondary N) is 2. The fourth-order valence-corrected chi connectivity index (χ4v) is 5.25. The topological polar surface area (TPSA) is 58.2 Å². The van der Waals surface area contributed by atoms with Crippen molar-refractivity contribution in [1.82, 2.24) is 10.0 Å². The highest BCUT2D eigenvalue weighted by atomic mass is 32.2. The van der Waals surface area contributed by atoms with Crippen molar-refractivity contribution >= 4 is 21.8 Å². The quantitative estimate of drug-likeness (QED) is 0.841. The highest BCUT2D eigenvalue weighted by Gasteiger charge is 2.29. The van der Waals surface area contributed by atoms with Crippen molar-refractivity contribution in [2.24, 2.45) is 0 Å². The minimum Gasteiger partial charge on any atom is -0.316 e. The van der Waals surface area contributed by atoms with Gasteiger partial charge in [-0.3, -0.25) is 0 Å². The number of benzene rings is 1. The lowest BCUT2D eigenvalue weighted by Crippen LogP contribution is -2.33. The van der Waals surface area contributed by atoms with E-state index >= 15 is 0 Å². The van der Waals surface area contributed by atoms with E-state index in [2.05, 4.69) is 16.3 Å². The average molecular weight is 329 g/mol. The van der Waals surface area contributed by atoms with Crippen molar-refractivity contribution < 1.29 is 8.42 Å². The number of sulfonamides is 1. The van der Waals surface area contributed by atoms with Crippen molar-refractivity contribution in [3.8, 4) is 0 Å². The maximum atomic E-state index is 12.6. The Balaban J connectivity index is 2.18. The maximum absolute atomic E-state index is 12.6. The molecule has 0 radical (unpaired) electrons. The van der Waals surface area contributed by atoms with Gasteiger partial charge >= 0.3 is 0 Å². The van der Waals surface area contributed by atoms with Gasteiger partial charge in [0.25, 0.3) is 0 Å². The van der Waals surface area contributed by atoms with Crippen molar-refractivity contribution in [2.45, 2.75) is 48.9 Å². The predicted molar refractivity (Wildman–Crippen MR) is 89.2 cm³/mol. The lowest BCUT2D eigenvalue weighted by atomic mass is 10.1. The van der Waals surface area contributed by atoms with E-state index in [0.717, 1.165) is 30.4 Å². The van der Waals surface area contributed by atoms with Crippen LogP contribution in [0.4, 0.5) is 0 Å². The van der Waals surface area contributed by atoms with Gasteiger partial charge in [-0.15, -0.1) is 0 Å². The van der Waals surface area contributed by atoms with Gasteiger partial charge in [-0.1, -0.05) is 12.1 Å². The summed E-state index contributed by atoms with van der Waals surface area (Å²) in [5, 5.41) is 3.65. The monoisotopic (exact) mass is 328 g/mol. The van der Waals surface area contributed by atoms with Crippen LogP contribution in [0.15, 0.2) is 23.1 Å². The van der Waals surface area contributed by atoms with Crippen LogP contribution in [0.25, 0.3) is 0 Å². The van der Waals surface area contributed by atoms with Crippen LogP contribution in [-0.2, 0) is 16.6 Å². The van der Waals surface area contributed by atoms with E-state index in [1.165, 1.54) is 0 Å². The Morgan fingerprint density at radius 1 is 1.33 bits per heavy atom.